The van der Waals surface area contributed by atoms with E-state index >= 15 is 0 Å². The Balaban J connectivity index is 2.42. The number of hydrogen-bond acceptors (Lipinski definition) is 2. The average Bonchev–Trinajstić information content (AvgIpc) is 2.27. The molecule has 0 aromatic rings. The zero-order chi connectivity index (χ0) is 10.6. The topological polar surface area (TPSA) is 44.1 Å². The Hall–Kier alpha value is -1.04. The summed E-state index contributed by atoms with van der Waals surface area (Å²) in [5, 5.41) is 8.64. The van der Waals surface area contributed by atoms with E-state index in [9.17, 15) is 4.79 Å². The number of nitriles is 1. The molecule has 1 amide bonds. The molecule has 78 valence electrons. The van der Waals surface area contributed by atoms with Crippen LogP contribution in [0.15, 0.2) is 0 Å². The van der Waals surface area contributed by atoms with Crippen molar-refractivity contribution in [1.29, 1.82) is 5.26 Å². The first kappa shape index (κ1) is 11.0. The van der Waals surface area contributed by atoms with E-state index in [1.165, 1.54) is 6.42 Å². The minimum absolute atomic E-state index is 0.00190. The highest BCUT2D eigenvalue weighted by atomic mass is 16.2. The second-order valence-corrected chi connectivity index (χ2v) is 4.03. The molecule has 0 N–H and O–H groups in total. The van der Waals surface area contributed by atoms with E-state index in [1.807, 2.05) is 11.0 Å². The predicted octanol–water partition coefficient (Wildman–Crippen LogP) is 1.79. The Labute approximate surface area is 85.7 Å². The summed E-state index contributed by atoms with van der Waals surface area (Å²) < 4.78 is 0. The summed E-state index contributed by atoms with van der Waals surface area (Å²) in [5.74, 6) is 0.298. The molecular weight excluding hydrogens is 176 g/mol. The number of nitrogens with zero attached hydrogens (tertiary/aromatic N) is 2. The lowest BCUT2D eigenvalue weighted by Gasteiger charge is -2.32. The third kappa shape index (κ3) is 2.47. The van der Waals surface area contributed by atoms with Crippen LogP contribution in [0.25, 0.3) is 0 Å². The van der Waals surface area contributed by atoms with Crippen LogP contribution in [0.1, 0.15) is 33.1 Å². The molecule has 3 heteroatoms. The minimum atomic E-state index is -0.479. The second-order valence-electron chi connectivity index (χ2n) is 4.03. The molecule has 0 aliphatic carbocycles. The van der Waals surface area contributed by atoms with Gasteiger partial charge in [0, 0.05) is 13.1 Å². The summed E-state index contributed by atoms with van der Waals surface area (Å²) >= 11 is 0. The molecule has 0 aromatic carbocycles. The molecule has 1 atom stereocenters. The van der Waals surface area contributed by atoms with Gasteiger partial charge in [0.1, 0.15) is 5.92 Å². The highest BCUT2D eigenvalue weighted by Gasteiger charge is 2.24. The molecule has 1 rings (SSSR count). The number of piperidine rings is 1. The fourth-order valence-corrected chi connectivity index (χ4v) is 1.89. The molecule has 1 fully saturated rings. The maximum atomic E-state index is 11.6. The fourth-order valence-electron chi connectivity index (χ4n) is 1.89. The van der Waals surface area contributed by atoms with Gasteiger partial charge in [-0.25, -0.2) is 0 Å². The standard InChI is InChI=1S/C11H18N2O/c1-3-10-4-6-13(7-5-10)11(14)9(2)8-12/h9-10H,3-7H2,1-2H3. The van der Waals surface area contributed by atoms with E-state index in [4.69, 9.17) is 5.26 Å². The predicted molar refractivity (Wildman–Crippen MR) is 54.4 cm³/mol. The molecule has 0 aromatic heterocycles. The SMILES string of the molecule is CCC1CCN(C(=O)C(C)C#N)CC1. The third-order valence-corrected chi connectivity index (χ3v) is 3.07. The van der Waals surface area contributed by atoms with E-state index in [-0.39, 0.29) is 5.91 Å². The lowest BCUT2D eigenvalue weighted by Crippen LogP contribution is -2.40. The lowest BCUT2D eigenvalue weighted by atomic mass is 9.94. The molecular formula is C11H18N2O. The van der Waals surface area contributed by atoms with Gasteiger partial charge in [0.2, 0.25) is 5.91 Å². The summed E-state index contributed by atoms with van der Waals surface area (Å²) in [5.41, 5.74) is 0. The Morgan fingerprint density at radius 1 is 1.57 bits per heavy atom. The Morgan fingerprint density at radius 3 is 2.57 bits per heavy atom. The van der Waals surface area contributed by atoms with E-state index in [0.717, 1.165) is 31.8 Å². The zero-order valence-electron chi connectivity index (χ0n) is 8.99. The minimum Gasteiger partial charge on any atom is -0.342 e. The molecule has 1 heterocycles. The fraction of sp³-hybridized carbons (Fsp3) is 0.818. The normalized spacial score (nSPS) is 20.2. The highest BCUT2D eigenvalue weighted by molar-refractivity contribution is 5.80. The van der Waals surface area contributed by atoms with E-state index < -0.39 is 5.92 Å². The van der Waals surface area contributed by atoms with Crippen molar-refractivity contribution in [2.75, 3.05) is 13.1 Å². The number of carbonyl (C=O) groups is 1. The first-order valence-corrected chi connectivity index (χ1v) is 5.37. The highest BCUT2D eigenvalue weighted by Crippen LogP contribution is 2.20. The summed E-state index contributed by atoms with van der Waals surface area (Å²) in [6.45, 7) is 5.54. The van der Waals surface area contributed by atoms with Crippen LogP contribution in [0.4, 0.5) is 0 Å². The quantitative estimate of drug-likeness (QED) is 0.672. The van der Waals surface area contributed by atoms with Gasteiger partial charge >= 0.3 is 0 Å². The first-order chi connectivity index (χ1) is 6.69. The molecule has 0 bridgehead atoms. The van der Waals surface area contributed by atoms with Gasteiger partial charge < -0.3 is 4.90 Å². The first-order valence-electron chi connectivity index (χ1n) is 5.37. The van der Waals surface area contributed by atoms with E-state index in [0.29, 0.717) is 0 Å². The third-order valence-electron chi connectivity index (χ3n) is 3.07. The van der Waals surface area contributed by atoms with Crippen LogP contribution in [0.3, 0.4) is 0 Å². The number of hydrogen-bond donors (Lipinski definition) is 0. The van der Waals surface area contributed by atoms with Crippen LogP contribution in [-0.4, -0.2) is 23.9 Å². The van der Waals surface area contributed by atoms with Crippen LogP contribution in [0.5, 0.6) is 0 Å². The summed E-state index contributed by atoms with van der Waals surface area (Å²) in [6.07, 6.45) is 3.40. The van der Waals surface area contributed by atoms with Crippen molar-refractivity contribution in [2.24, 2.45) is 11.8 Å². The largest absolute Gasteiger partial charge is 0.342 e. The number of carbonyl (C=O) groups excluding carboxylic acids is 1. The van der Waals surface area contributed by atoms with Crippen molar-refractivity contribution >= 4 is 5.91 Å². The van der Waals surface area contributed by atoms with Gasteiger partial charge in [-0.15, -0.1) is 0 Å². The summed E-state index contributed by atoms with van der Waals surface area (Å²) in [7, 11) is 0. The van der Waals surface area contributed by atoms with Crippen LogP contribution in [0, 0.1) is 23.2 Å². The smallest absolute Gasteiger partial charge is 0.239 e. The van der Waals surface area contributed by atoms with Crippen LogP contribution in [0.2, 0.25) is 0 Å². The van der Waals surface area contributed by atoms with Gasteiger partial charge in [0.15, 0.2) is 0 Å². The molecule has 0 spiro atoms. The molecule has 0 radical (unpaired) electrons. The Morgan fingerprint density at radius 2 is 2.14 bits per heavy atom. The van der Waals surface area contributed by atoms with Gasteiger partial charge in [-0.05, 0) is 25.7 Å². The van der Waals surface area contributed by atoms with Gasteiger partial charge in [-0.1, -0.05) is 13.3 Å². The average molecular weight is 194 g/mol. The van der Waals surface area contributed by atoms with Crippen molar-refractivity contribution < 1.29 is 4.79 Å². The van der Waals surface area contributed by atoms with E-state index in [2.05, 4.69) is 6.92 Å². The maximum absolute atomic E-state index is 11.6. The molecule has 1 unspecified atom stereocenters. The number of amides is 1. The van der Waals surface area contributed by atoms with Crippen molar-refractivity contribution in [1.82, 2.24) is 4.90 Å². The molecule has 0 saturated carbocycles. The van der Waals surface area contributed by atoms with Gasteiger partial charge in [0.25, 0.3) is 0 Å². The van der Waals surface area contributed by atoms with E-state index in [1.54, 1.807) is 6.92 Å². The number of rotatable bonds is 2. The summed E-state index contributed by atoms with van der Waals surface area (Å²) in [6, 6.07) is 2.00. The summed E-state index contributed by atoms with van der Waals surface area (Å²) in [4.78, 5) is 13.5. The second kappa shape index (κ2) is 4.99. The Bertz CT molecular complexity index is 236. The monoisotopic (exact) mass is 194 g/mol. The molecule has 1 aliphatic rings. The number of likely N-dealkylation sites (tertiary alicyclic amines) is 1. The van der Waals surface area contributed by atoms with Crippen LogP contribution in [-0.2, 0) is 4.79 Å². The zero-order valence-corrected chi connectivity index (χ0v) is 8.99. The molecule has 1 saturated heterocycles. The van der Waals surface area contributed by atoms with Gasteiger partial charge in [-0.3, -0.25) is 4.79 Å². The Kier molecular flexibility index (Phi) is 3.94. The molecule has 3 nitrogen and oxygen atoms in total. The van der Waals surface area contributed by atoms with Gasteiger partial charge in [0.05, 0.1) is 6.07 Å². The molecule has 14 heavy (non-hydrogen) atoms. The van der Waals surface area contributed by atoms with Crippen molar-refractivity contribution in [3.05, 3.63) is 0 Å². The van der Waals surface area contributed by atoms with Crippen LogP contribution < -0.4 is 0 Å². The van der Waals surface area contributed by atoms with Gasteiger partial charge in [-0.2, -0.15) is 5.26 Å². The molecule has 1 aliphatic heterocycles. The van der Waals surface area contributed by atoms with Crippen molar-refractivity contribution in [3.8, 4) is 6.07 Å². The maximum Gasteiger partial charge on any atom is 0.239 e. The van der Waals surface area contributed by atoms with Crippen LogP contribution >= 0.6 is 0 Å². The van der Waals surface area contributed by atoms with Crippen molar-refractivity contribution in [3.63, 3.8) is 0 Å². The van der Waals surface area contributed by atoms with Crippen molar-refractivity contribution in [2.45, 2.75) is 33.1 Å². The lowest BCUT2D eigenvalue weighted by molar-refractivity contribution is -0.134.